The molecule has 3 nitrogen and oxygen atoms in total. The van der Waals surface area contributed by atoms with Gasteiger partial charge in [0.1, 0.15) is 0 Å². The number of rotatable bonds is 4. The Kier molecular flexibility index (Phi) is 4.42. The summed E-state index contributed by atoms with van der Waals surface area (Å²) < 4.78 is 5.47. The average molecular weight is 295 g/mol. The number of carbonyl (C=O) groups excluding carboxylic acids is 1. The van der Waals surface area contributed by atoms with E-state index in [0.717, 1.165) is 25.1 Å². The van der Waals surface area contributed by atoms with E-state index < -0.39 is 0 Å². The number of ether oxygens (including phenoxy) is 1. The van der Waals surface area contributed by atoms with Crippen molar-refractivity contribution in [3.8, 4) is 0 Å². The van der Waals surface area contributed by atoms with Crippen LogP contribution in [0.2, 0.25) is 0 Å². The first-order valence-corrected chi connectivity index (χ1v) is 7.76. The second kappa shape index (κ2) is 6.65. The van der Waals surface area contributed by atoms with Crippen molar-refractivity contribution in [2.45, 2.75) is 13.3 Å². The van der Waals surface area contributed by atoms with Crippen molar-refractivity contribution in [3.63, 3.8) is 0 Å². The van der Waals surface area contributed by atoms with Gasteiger partial charge in [-0.05, 0) is 37.6 Å². The summed E-state index contributed by atoms with van der Waals surface area (Å²) in [5, 5.41) is 0. The molecule has 3 heteroatoms. The fourth-order valence-corrected chi connectivity index (χ4v) is 2.81. The number of aryl methyl sites for hydroxylation is 1. The highest BCUT2D eigenvalue weighted by atomic mass is 16.5. The molecule has 1 aliphatic heterocycles. The minimum absolute atomic E-state index is 0.224. The van der Waals surface area contributed by atoms with Crippen molar-refractivity contribution in [2.24, 2.45) is 5.92 Å². The van der Waals surface area contributed by atoms with E-state index in [1.54, 1.807) is 0 Å². The summed E-state index contributed by atoms with van der Waals surface area (Å²) in [5.41, 5.74) is 3.02. The fourth-order valence-electron chi connectivity index (χ4n) is 2.81. The van der Waals surface area contributed by atoms with Gasteiger partial charge in [0, 0.05) is 24.7 Å². The second-order valence-electron chi connectivity index (χ2n) is 5.90. The molecule has 0 aliphatic carbocycles. The molecule has 0 bridgehead atoms. The number of anilines is 1. The van der Waals surface area contributed by atoms with Crippen molar-refractivity contribution < 1.29 is 9.53 Å². The number of nitrogens with zero attached hydrogens (tertiary/aromatic N) is 1. The Hall–Kier alpha value is -2.29. The largest absolute Gasteiger partial charge is 0.462 e. The van der Waals surface area contributed by atoms with Gasteiger partial charge in [-0.1, -0.05) is 35.9 Å². The van der Waals surface area contributed by atoms with E-state index in [1.807, 2.05) is 37.3 Å². The molecule has 0 N–H and O–H groups in total. The van der Waals surface area contributed by atoms with E-state index in [9.17, 15) is 4.79 Å². The van der Waals surface area contributed by atoms with Crippen LogP contribution in [0.1, 0.15) is 22.3 Å². The Balaban J connectivity index is 1.50. The molecule has 1 heterocycles. The first-order chi connectivity index (χ1) is 10.7. The van der Waals surface area contributed by atoms with Crippen LogP contribution in [0, 0.1) is 12.8 Å². The number of carbonyl (C=O) groups is 1. The van der Waals surface area contributed by atoms with Gasteiger partial charge in [0.15, 0.2) is 0 Å². The topological polar surface area (TPSA) is 29.5 Å². The molecule has 0 aromatic heterocycles. The highest BCUT2D eigenvalue weighted by Crippen LogP contribution is 2.23. The average Bonchev–Trinajstić information content (AvgIpc) is 3.03. The molecule has 1 fully saturated rings. The number of para-hydroxylation sites is 1. The Bertz CT molecular complexity index is 622. The predicted molar refractivity (Wildman–Crippen MR) is 88.2 cm³/mol. The van der Waals surface area contributed by atoms with Crippen molar-refractivity contribution in [1.82, 2.24) is 0 Å². The lowest BCUT2D eigenvalue weighted by molar-refractivity contribution is 0.0451. The lowest BCUT2D eigenvalue weighted by Gasteiger charge is -2.18. The van der Waals surface area contributed by atoms with Crippen LogP contribution in [0.4, 0.5) is 5.69 Å². The van der Waals surface area contributed by atoms with Gasteiger partial charge in [0.05, 0.1) is 12.2 Å². The SMILES string of the molecule is Cc1ccc(C(=O)OCC2CCN(c3ccccc3)C2)cc1. The van der Waals surface area contributed by atoms with Crippen LogP contribution in [0.5, 0.6) is 0 Å². The lowest BCUT2D eigenvalue weighted by atomic mass is 10.1. The van der Waals surface area contributed by atoms with Crippen molar-refractivity contribution in [3.05, 3.63) is 65.7 Å². The van der Waals surface area contributed by atoms with Crippen LogP contribution in [-0.2, 0) is 4.74 Å². The normalized spacial score (nSPS) is 17.5. The molecule has 1 aliphatic rings. The lowest BCUT2D eigenvalue weighted by Crippen LogP contribution is -2.21. The third-order valence-electron chi connectivity index (χ3n) is 4.14. The first-order valence-electron chi connectivity index (χ1n) is 7.76. The molecule has 0 radical (unpaired) electrons. The Morgan fingerprint density at radius 3 is 2.59 bits per heavy atom. The molecule has 1 atom stereocenters. The Morgan fingerprint density at radius 2 is 1.86 bits per heavy atom. The van der Waals surface area contributed by atoms with E-state index in [0.29, 0.717) is 18.1 Å². The monoisotopic (exact) mass is 295 g/mol. The number of benzene rings is 2. The van der Waals surface area contributed by atoms with Crippen LogP contribution in [0.25, 0.3) is 0 Å². The van der Waals surface area contributed by atoms with E-state index in [4.69, 9.17) is 4.74 Å². The zero-order chi connectivity index (χ0) is 15.4. The predicted octanol–water partition coefficient (Wildman–Crippen LogP) is 3.68. The highest BCUT2D eigenvalue weighted by molar-refractivity contribution is 5.89. The van der Waals surface area contributed by atoms with Gasteiger partial charge >= 0.3 is 5.97 Å². The number of hydrogen-bond donors (Lipinski definition) is 0. The van der Waals surface area contributed by atoms with Gasteiger partial charge in [-0.3, -0.25) is 0 Å². The highest BCUT2D eigenvalue weighted by Gasteiger charge is 2.24. The van der Waals surface area contributed by atoms with Crippen LogP contribution in [0.3, 0.4) is 0 Å². The molecule has 2 aromatic carbocycles. The smallest absolute Gasteiger partial charge is 0.338 e. The summed E-state index contributed by atoms with van der Waals surface area (Å²) in [6.07, 6.45) is 1.07. The fraction of sp³-hybridized carbons (Fsp3) is 0.316. The summed E-state index contributed by atoms with van der Waals surface area (Å²) in [6.45, 7) is 4.48. The molecule has 0 saturated carbocycles. The standard InChI is InChI=1S/C19H21NO2/c1-15-7-9-17(10-8-15)19(21)22-14-16-11-12-20(13-16)18-5-3-2-4-6-18/h2-10,16H,11-14H2,1H3. The van der Waals surface area contributed by atoms with E-state index >= 15 is 0 Å². The van der Waals surface area contributed by atoms with Gasteiger partial charge in [0.25, 0.3) is 0 Å². The minimum atomic E-state index is -0.224. The molecular formula is C19H21NO2. The zero-order valence-electron chi connectivity index (χ0n) is 12.9. The molecule has 2 aromatic rings. The third-order valence-corrected chi connectivity index (χ3v) is 4.14. The molecule has 1 saturated heterocycles. The Morgan fingerprint density at radius 1 is 1.14 bits per heavy atom. The number of hydrogen-bond acceptors (Lipinski definition) is 3. The van der Waals surface area contributed by atoms with Gasteiger partial charge < -0.3 is 9.64 Å². The second-order valence-corrected chi connectivity index (χ2v) is 5.90. The summed E-state index contributed by atoms with van der Waals surface area (Å²) in [4.78, 5) is 14.4. The number of esters is 1. The molecule has 0 amide bonds. The van der Waals surface area contributed by atoms with Crippen LogP contribution in [0.15, 0.2) is 54.6 Å². The molecule has 3 rings (SSSR count). The maximum absolute atomic E-state index is 12.0. The van der Waals surface area contributed by atoms with Gasteiger partial charge in [-0.25, -0.2) is 4.79 Å². The van der Waals surface area contributed by atoms with Crippen LogP contribution >= 0.6 is 0 Å². The molecular weight excluding hydrogens is 274 g/mol. The Labute approximate surface area is 131 Å². The molecule has 0 spiro atoms. The van der Waals surface area contributed by atoms with Gasteiger partial charge in [-0.15, -0.1) is 0 Å². The first kappa shape index (κ1) is 14.6. The minimum Gasteiger partial charge on any atom is -0.462 e. The summed E-state index contributed by atoms with van der Waals surface area (Å²) >= 11 is 0. The van der Waals surface area contributed by atoms with Gasteiger partial charge in [-0.2, -0.15) is 0 Å². The van der Waals surface area contributed by atoms with Crippen LogP contribution < -0.4 is 4.90 Å². The van der Waals surface area contributed by atoms with E-state index in [-0.39, 0.29) is 5.97 Å². The van der Waals surface area contributed by atoms with Crippen molar-refractivity contribution in [2.75, 3.05) is 24.6 Å². The molecule has 22 heavy (non-hydrogen) atoms. The summed E-state index contributed by atoms with van der Waals surface area (Å²) in [6, 6.07) is 17.9. The quantitative estimate of drug-likeness (QED) is 0.806. The third kappa shape index (κ3) is 3.48. The zero-order valence-corrected chi connectivity index (χ0v) is 12.9. The van der Waals surface area contributed by atoms with Crippen LogP contribution in [-0.4, -0.2) is 25.7 Å². The van der Waals surface area contributed by atoms with Crippen molar-refractivity contribution in [1.29, 1.82) is 0 Å². The van der Waals surface area contributed by atoms with E-state index in [2.05, 4.69) is 29.2 Å². The summed E-state index contributed by atoms with van der Waals surface area (Å²) in [5.74, 6) is 0.188. The maximum atomic E-state index is 12.0. The maximum Gasteiger partial charge on any atom is 0.338 e. The van der Waals surface area contributed by atoms with Gasteiger partial charge in [0.2, 0.25) is 0 Å². The van der Waals surface area contributed by atoms with Crippen molar-refractivity contribution >= 4 is 11.7 Å². The van der Waals surface area contributed by atoms with E-state index in [1.165, 1.54) is 5.69 Å². The molecule has 114 valence electrons. The molecule has 1 unspecified atom stereocenters. The summed E-state index contributed by atoms with van der Waals surface area (Å²) in [7, 11) is 0.